The molecule has 0 saturated carbocycles. The average Bonchev–Trinajstić information content (AvgIpc) is 2.72. The highest BCUT2D eigenvalue weighted by Gasteiger charge is 2.19. The molecule has 0 saturated heterocycles. The van der Waals surface area contributed by atoms with E-state index in [0.717, 1.165) is 5.56 Å². The summed E-state index contributed by atoms with van der Waals surface area (Å²) in [6, 6.07) is 11.3. The Labute approximate surface area is 167 Å². The number of fused-ring (bicyclic) bond motifs is 1. The Morgan fingerprint density at radius 2 is 2.00 bits per heavy atom. The van der Waals surface area contributed by atoms with Gasteiger partial charge in [-0.1, -0.05) is 24.3 Å². The maximum Gasteiger partial charge on any atom is 0.269 e. The fraction of sp³-hybridized carbons (Fsp3) is 0.286. The van der Waals surface area contributed by atoms with E-state index in [-0.39, 0.29) is 36.2 Å². The maximum atomic E-state index is 12.7. The average molecular weight is 394 g/mol. The molecule has 8 nitrogen and oxygen atoms in total. The molecule has 29 heavy (non-hydrogen) atoms. The highest BCUT2D eigenvalue weighted by atomic mass is 16.6. The van der Waals surface area contributed by atoms with E-state index in [1.807, 2.05) is 26.0 Å². The van der Waals surface area contributed by atoms with Crippen LogP contribution in [0.2, 0.25) is 0 Å². The Bertz CT molecular complexity index is 1140. The van der Waals surface area contributed by atoms with Gasteiger partial charge < -0.3 is 4.90 Å². The molecule has 1 atom stereocenters. The molecule has 1 aromatic heterocycles. The minimum atomic E-state index is -0.459. The normalized spacial score (nSPS) is 12.0. The Morgan fingerprint density at radius 1 is 1.28 bits per heavy atom. The second-order valence-electron chi connectivity index (χ2n) is 7.00. The molecule has 0 aliphatic heterocycles. The van der Waals surface area contributed by atoms with E-state index in [9.17, 15) is 19.7 Å². The quantitative estimate of drug-likeness (QED) is 0.472. The lowest BCUT2D eigenvalue weighted by Gasteiger charge is -2.25. The molecule has 0 aliphatic carbocycles. The number of carbonyl (C=O) groups excluding carboxylic acids is 1. The van der Waals surface area contributed by atoms with Crippen LogP contribution in [0.1, 0.15) is 30.5 Å². The zero-order valence-electron chi connectivity index (χ0n) is 16.5. The summed E-state index contributed by atoms with van der Waals surface area (Å²) in [5.74, 6) is -0.166. The van der Waals surface area contributed by atoms with Gasteiger partial charge in [0.15, 0.2) is 0 Å². The van der Waals surface area contributed by atoms with E-state index in [1.54, 1.807) is 25.2 Å². The van der Waals surface area contributed by atoms with Gasteiger partial charge in [0, 0.05) is 32.1 Å². The number of nitro groups is 1. The lowest BCUT2D eigenvalue weighted by molar-refractivity contribution is -0.384. The Morgan fingerprint density at radius 3 is 2.72 bits per heavy atom. The number of rotatable bonds is 6. The highest BCUT2D eigenvalue weighted by Crippen LogP contribution is 2.23. The minimum absolute atomic E-state index is 0.0146. The number of aryl methyl sites for hydroxylation is 2. The lowest BCUT2D eigenvalue weighted by atomic mass is 10.1. The van der Waals surface area contributed by atoms with Crippen LogP contribution in [-0.4, -0.2) is 32.3 Å². The number of benzene rings is 2. The monoisotopic (exact) mass is 394 g/mol. The molecule has 0 aliphatic rings. The van der Waals surface area contributed by atoms with Crippen molar-refractivity contribution in [2.45, 2.75) is 32.9 Å². The summed E-state index contributed by atoms with van der Waals surface area (Å²) in [6.07, 6.45) is 1.59. The van der Waals surface area contributed by atoms with Crippen LogP contribution in [0.25, 0.3) is 10.9 Å². The zero-order valence-corrected chi connectivity index (χ0v) is 16.5. The van der Waals surface area contributed by atoms with Gasteiger partial charge in [0.1, 0.15) is 0 Å². The summed E-state index contributed by atoms with van der Waals surface area (Å²) >= 11 is 0. The summed E-state index contributed by atoms with van der Waals surface area (Å²) in [4.78, 5) is 41.7. The summed E-state index contributed by atoms with van der Waals surface area (Å²) in [5.41, 5.74) is 2.07. The number of non-ortho nitro benzene ring substituents is 1. The molecule has 2 aromatic carbocycles. The molecule has 3 aromatic rings. The number of aromatic nitrogens is 2. The van der Waals surface area contributed by atoms with Crippen molar-refractivity contribution >= 4 is 22.5 Å². The van der Waals surface area contributed by atoms with Crippen LogP contribution in [0.15, 0.2) is 53.6 Å². The van der Waals surface area contributed by atoms with Crippen LogP contribution in [0.4, 0.5) is 5.69 Å². The molecule has 0 bridgehead atoms. The predicted molar refractivity (Wildman–Crippen MR) is 110 cm³/mol. The third kappa shape index (κ3) is 4.16. The second kappa shape index (κ2) is 8.22. The second-order valence-corrected chi connectivity index (χ2v) is 7.00. The van der Waals surface area contributed by atoms with Gasteiger partial charge in [0.05, 0.1) is 28.2 Å². The lowest BCUT2D eigenvalue weighted by Crippen LogP contribution is -2.31. The van der Waals surface area contributed by atoms with Crippen molar-refractivity contribution in [1.82, 2.24) is 14.5 Å². The number of carbonyl (C=O) groups is 1. The van der Waals surface area contributed by atoms with Gasteiger partial charge in [0.2, 0.25) is 5.91 Å². The van der Waals surface area contributed by atoms with Crippen molar-refractivity contribution in [3.8, 4) is 0 Å². The van der Waals surface area contributed by atoms with E-state index in [1.165, 1.54) is 27.9 Å². The van der Waals surface area contributed by atoms with Crippen molar-refractivity contribution in [2.24, 2.45) is 0 Å². The Balaban J connectivity index is 1.73. The number of hydrogen-bond donors (Lipinski definition) is 0. The third-order valence-corrected chi connectivity index (χ3v) is 5.16. The van der Waals surface area contributed by atoms with E-state index < -0.39 is 4.92 Å². The predicted octanol–water partition coefficient (Wildman–Crippen LogP) is 3.22. The number of amides is 1. The highest BCUT2D eigenvalue weighted by molar-refractivity contribution is 5.80. The molecular weight excluding hydrogens is 372 g/mol. The fourth-order valence-corrected chi connectivity index (χ4v) is 3.23. The molecule has 1 heterocycles. The van der Waals surface area contributed by atoms with Gasteiger partial charge in [0.25, 0.3) is 11.2 Å². The fourth-order valence-electron chi connectivity index (χ4n) is 3.23. The topological polar surface area (TPSA) is 98.3 Å². The summed E-state index contributed by atoms with van der Waals surface area (Å²) < 4.78 is 1.44. The summed E-state index contributed by atoms with van der Waals surface area (Å²) in [5, 5.41) is 11.5. The number of para-hydroxylation sites is 1. The molecule has 0 N–H and O–H groups in total. The molecule has 1 amide bonds. The first-order chi connectivity index (χ1) is 13.8. The van der Waals surface area contributed by atoms with Crippen molar-refractivity contribution in [3.63, 3.8) is 0 Å². The minimum Gasteiger partial charge on any atom is -0.339 e. The van der Waals surface area contributed by atoms with E-state index >= 15 is 0 Å². The van der Waals surface area contributed by atoms with Crippen molar-refractivity contribution in [1.29, 1.82) is 0 Å². The van der Waals surface area contributed by atoms with E-state index in [4.69, 9.17) is 0 Å². The zero-order chi connectivity index (χ0) is 21.1. The van der Waals surface area contributed by atoms with Crippen molar-refractivity contribution in [3.05, 3.63) is 80.4 Å². The maximum absolute atomic E-state index is 12.7. The summed E-state index contributed by atoms with van der Waals surface area (Å²) in [7, 11) is 1.65. The Kier molecular flexibility index (Phi) is 5.72. The van der Waals surface area contributed by atoms with Gasteiger partial charge in [-0.15, -0.1) is 0 Å². The standard InChI is InChI=1S/C21H22N4O4/c1-14-6-4-9-18-20(14)22-13-24(21(18)27)11-10-19(26)23(3)15(2)16-7-5-8-17(12-16)25(28)29/h4-9,12-13,15H,10-11H2,1-3H3. The van der Waals surface area contributed by atoms with Gasteiger partial charge in [-0.2, -0.15) is 0 Å². The number of nitro benzene ring substituents is 1. The molecule has 0 spiro atoms. The Hall–Kier alpha value is -3.55. The SMILES string of the molecule is Cc1cccc2c(=O)n(CCC(=O)N(C)C(C)c3cccc([N+](=O)[O-])c3)cnc12. The van der Waals surface area contributed by atoms with Gasteiger partial charge >= 0.3 is 0 Å². The van der Waals surface area contributed by atoms with Gasteiger partial charge in [-0.05, 0) is 31.0 Å². The van der Waals surface area contributed by atoms with Crippen molar-refractivity contribution in [2.75, 3.05) is 7.05 Å². The van der Waals surface area contributed by atoms with E-state index in [0.29, 0.717) is 16.5 Å². The third-order valence-electron chi connectivity index (χ3n) is 5.16. The van der Waals surface area contributed by atoms with Gasteiger partial charge in [-0.3, -0.25) is 24.3 Å². The largest absolute Gasteiger partial charge is 0.339 e. The van der Waals surface area contributed by atoms with Crippen molar-refractivity contribution < 1.29 is 9.72 Å². The van der Waals surface area contributed by atoms with E-state index in [2.05, 4.69) is 4.98 Å². The number of nitrogens with zero attached hydrogens (tertiary/aromatic N) is 4. The van der Waals surface area contributed by atoms with Crippen LogP contribution in [0.3, 0.4) is 0 Å². The molecule has 1 unspecified atom stereocenters. The molecule has 150 valence electrons. The number of hydrogen-bond acceptors (Lipinski definition) is 5. The first-order valence-corrected chi connectivity index (χ1v) is 9.24. The molecule has 0 fully saturated rings. The van der Waals surface area contributed by atoms with Crippen LogP contribution < -0.4 is 5.56 Å². The molecular formula is C21H22N4O4. The molecule has 0 radical (unpaired) electrons. The van der Waals surface area contributed by atoms with Crippen LogP contribution in [0, 0.1) is 17.0 Å². The first kappa shape index (κ1) is 20.2. The molecule has 3 rings (SSSR count). The van der Waals surface area contributed by atoms with Crippen LogP contribution >= 0.6 is 0 Å². The smallest absolute Gasteiger partial charge is 0.269 e. The van der Waals surface area contributed by atoms with Crippen LogP contribution in [-0.2, 0) is 11.3 Å². The summed E-state index contributed by atoms with van der Waals surface area (Å²) in [6.45, 7) is 3.91. The van der Waals surface area contributed by atoms with Gasteiger partial charge in [-0.25, -0.2) is 4.98 Å². The first-order valence-electron chi connectivity index (χ1n) is 9.24. The van der Waals surface area contributed by atoms with Crippen LogP contribution in [0.5, 0.6) is 0 Å². The molecule has 8 heteroatoms.